The van der Waals surface area contributed by atoms with Crippen LogP contribution in [-0.4, -0.2) is 44.6 Å². The van der Waals surface area contributed by atoms with Crippen LogP contribution < -0.4 is 0 Å². The fourth-order valence-electron chi connectivity index (χ4n) is 3.26. The number of benzene rings is 1. The van der Waals surface area contributed by atoms with Crippen molar-refractivity contribution < 1.29 is 19.2 Å². The van der Waals surface area contributed by atoms with Crippen LogP contribution in [0.2, 0.25) is 5.02 Å². The maximum atomic E-state index is 13.3. The fraction of sp³-hybridized carbons (Fsp3) is 0.609. The Labute approximate surface area is 189 Å². The summed E-state index contributed by atoms with van der Waals surface area (Å²) in [5.74, 6) is -0.271. The summed E-state index contributed by atoms with van der Waals surface area (Å²) >= 11 is 6.19. The van der Waals surface area contributed by atoms with E-state index >= 15 is 0 Å². The lowest BCUT2D eigenvalue weighted by Gasteiger charge is -2.36. The molecule has 31 heavy (non-hydrogen) atoms. The summed E-state index contributed by atoms with van der Waals surface area (Å²) in [5.41, 5.74) is -0.170. The summed E-state index contributed by atoms with van der Waals surface area (Å²) in [6, 6.07) is 4.71. The van der Waals surface area contributed by atoms with E-state index in [0.717, 1.165) is 4.68 Å². The normalized spacial score (nSPS) is 12.5. The predicted molar refractivity (Wildman–Crippen MR) is 122 cm³/mol. The Bertz CT molecular complexity index is 942. The Morgan fingerprint density at radius 2 is 1.65 bits per heavy atom. The average Bonchev–Trinajstić information content (AvgIpc) is 3.03. The molecule has 172 valence electrons. The highest BCUT2D eigenvalue weighted by atomic mass is 35.5. The van der Waals surface area contributed by atoms with Gasteiger partial charge in [0.25, 0.3) is 5.91 Å². The lowest BCUT2D eigenvalue weighted by Crippen LogP contribution is -2.43. The first-order valence-corrected chi connectivity index (χ1v) is 11.1. The van der Waals surface area contributed by atoms with Gasteiger partial charge in [-0.1, -0.05) is 39.3 Å². The Kier molecular flexibility index (Phi) is 7.76. The standard InChI is InChI=1S/C23H34ClN3O4/c1-13(2)23(9,14(3)4)30-22(29)26-19-11-10-17(24)12-18(19)20(25-26)21(28)27(15(5)6)31-16(7)8/h10-16H,1-9H3. The van der Waals surface area contributed by atoms with E-state index in [1.54, 1.807) is 18.2 Å². The van der Waals surface area contributed by atoms with Crippen molar-refractivity contribution in [2.24, 2.45) is 11.8 Å². The molecule has 0 N–H and O–H groups in total. The van der Waals surface area contributed by atoms with Gasteiger partial charge in [0.15, 0.2) is 5.69 Å². The minimum atomic E-state index is -0.698. The number of amides is 1. The van der Waals surface area contributed by atoms with Crippen LogP contribution >= 0.6 is 11.6 Å². The molecule has 0 aliphatic carbocycles. The van der Waals surface area contributed by atoms with E-state index in [2.05, 4.69) is 5.10 Å². The van der Waals surface area contributed by atoms with Gasteiger partial charge in [0.2, 0.25) is 0 Å². The predicted octanol–water partition coefficient (Wildman–Crippen LogP) is 5.94. The molecule has 0 spiro atoms. The van der Waals surface area contributed by atoms with Crippen LogP contribution in [0, 0.1) is 11.8 Å². The highest BCUT2D eigenvalue weighted by Gasteiger charge is 2.38. The number of hydrogen-bond donors (Lipinski definition) is 0. The molecule has 1 heterocycles. The molecule has 0 atom stereocenters. The van der Waals surface area contributed by atoms with Crippen LogP contribution in [0.25, 0.3) is 10.9 Å². The lowest BCUT2D eigenvalue weighted by molar-refractivity contribution is -0.169. The van der Waals surface area contributed by atoms with Crippen LogP contribution in [-0.2, 0) is 9.57 Å². The molecule has 0 aliphatic heterocycles. The summed E-state index contributed by atoms with van der Waals surface area (Å²) in [7, 11) is 0. The SMILES string of the molecule is CC(C)ON(C(=O)c1nn(C(=O)OC(C)(C(C)C)C(C)C)c2ccc(Cl)cc12)C(C)C. The van der Waals surface area contributed by atoms with Gasteiger partial charge in [-0.2, -0.15) is 9.78 Å². The second-order valence-corrected chi connectivity index (χ2v) is 9.60. The number of hydrogen-bond acceptors (Lipinski definition) is 5. The summed E-state index contributed by atoms with van der Waals surface area (Å²) in [5, 5.41) is 6.53. The Morgan fingerprint density at radius 1 is 1.06 bits per heavy atom. The van der Waals surface area contributed by atoms with Gasteiger partial charge in [0.1, 0.15) is 5.60 Å². The largest absolute Gasteiger partial charge is 0.441 e. The number of aromatic nitrogens is 2. The third kappa shape index (κ3) is 5.21. The van der Waals surface area contributed by atoms with Gasteiger partial charge >= 0.3 is 6.09 Å². The van der Waals surface area contributed by atoms with Crippen molar-refractivity contribution in [1.82, 2.24) is 14.8 Å². The van der Waals surface area contributed by atoms with Crippen molar-refractivity contribution in [2.75, 3.05) is 0 Å². The van der Waals surface area contributed by atoms with Gasteiger partial charge in [-0.15, -0.1) is 0 Å². The third-order valence-corrected chi connectivity index (χ3v) is 5.85. The number of ether oxygens (including phenoxy) is 1. The zero-order valence-electron chi connectivity index (χ0n) is 19.9. The van der Waals surface area contributed by atoms with Crippen molar-refractivity contribution in [2.45, 2.75) is 80.1 Å². The second-order valence-electron chi connectivity index (χ2n) is 9.16. The molecule has 0 radical (unpaired) electrons. The molecule has 2 rings (SSSR count). The van der Waals surface area contributed by atoms with Gasteiger partial charge in [0, 0.05) is 10.4 Å². The van der Waals surface area contributed by atoms with E-state index in [1.165, 1.54) is 5.06 Å². The highest BCUT2D eigenvalue weighted by molar-refractivity contribution is 6.31. The van der Waals surface area contributed by atoms with Crippen LogP contribution in [0.4, 0.5) is 4.79 Å². The molecular formula is C23H34ClN3O4. The third-order valence-electron chi connectivity index (χ3n) is 5.61. The quantitative estimate of drug-likeness (QED) is 0.487. The van der Waals surface area contributed by atoms with E-state index < -0.39 is 17.6 Å². The van der Waals surface area contributed by atoms with Gasteiger partial charge in [-0.05, 0) is 64.7 Å². The van der Waals surface area contributed by atoms with Gasteiger partial charge in [-0.25, -0.2) is 9.86 Å². The van der Waals surface area contributed by atoms with Crippen LogP contribution in [0.15, 0.2) is 18.2 Å². The van der Waals surface area contributed by atoms with Crippen molar-refractivity contribution in [3.8, 4) is 0 Å². The zero-order chi connectivity index (χ0) is 23.7. The zero-order valence-corrected chi connectivity index (χ0v) is 20.6. The fourth-order valence-corrected chi connectivity index (χ4v) is 3.43. The van der Waals surface area contributed by atoms with Gasteiger partial charge in [0.05, 0.1) is 17.7 Å². The minimum absolute atomic E-state index is 0.0830. The molecule has 7 nitrogen and oxygen atoms in total. The summed E-state index contributed by atoms with van der Waals surface area (Å²) in [6.45, 7) is 17.3. The first-order valence-electron chi connectivity index (χ1n) is 10.7. The van der Waals surface area contributed by atoms with E-state index in [-0.39, 0.29) is 29.7 Å². The minimum Gasteiger partial charge on any atom is -0.441 e. The van der Waals surface area contributed by atoms with Gasteiger partial charge in [-0.3, -0.25) is 9.63 Å². The van der Waals surface area contributed by atoms with Crippen molar-refractivity contribution in [3.63, 3.8) is 0 Å². The number of halogens is 1. The molecular weight excluding hydrogens is 418 g/mol. The number of carbonyl (C=O) groups excluding carboxylic acids is 2. The van der Waals surface area contributed by atoms with E-state index in [1.807, 2.05) is 62.3 Å². The first-order chi connectivity index (χ1) is 14.3. The number of fused-ring (bicyclic) bond motifs is 1. The molecule has 1 aromatic carbocycles. The molecule has 0 saturated carbocycles. The lowest BCUT2D eigenvalue weighted by atomic mass is 9.82. The Hall–Kier alpha value is -2.12. The second kappa shape index (κ2) is 9.57. The molecule has 8 heteroatoms. The number of hydroxylamine groups is 2. The molecule has 0 aliphatic rings. The van der Waals surface area contributed by atoms with Crippen molar-refractivity contribution in [1.29, 1.82) is 0 Å². The van der Waals surface area contributed by atoms with Crippen LogP contribution in [0.3, 0.4) is 0 Å². The Balaban J connectivity index is 2.58. The first kappa shape index (κ1) is 25.1. The van der Waals surface area contributed by atoms with E-state index in [9.17, 15) is 9.59 Å². The topological polar surface area (TPSA) is 73.7 Å². The number of carbonyl (C=O) groups is 2. The summed E-state index contributed by atoms with van der Waals surface area (Å²) in [4.78, 5) is 32.2. The number of nitrogens with zero attached hydrogens (tertiary/aromatic N) is 3. The average molecular weight is 452 g/mol. The molecule has 0 bridgehead atoms. The molecule has 2 aromatic rings. The maximum Gasteiger partial charge on any atom is 0.435 e. The molecule has 1 amide bonds. The monoisotopic (exact) mass is 451 g/mol. The van der Waals surface area contributed by atoms with Crippen LogP contribution in [0.1, 0.15) is 72.8 Å². The summed E-state index contributed by atoms with van der Waals surface area (Å²) < 4.78 is 7.06. The summed E-state index contributed by atoms with van der Waals surface area (Å²) in [6.07, 6.45) is -0.844. The molecule has 0 unspecified atom stereocenters. The highest BCUT2D eigenvalue weighted by Crippen LogP contribution is 2.32. The maximum absolute atomic E-state index is 13.3. The Morgan fingerprint density at radius 3 is 2.13 bits per heavy atom. The number of rotatable bonds is 7. The van der Waals surface area contributed by atoms with E-state index in [0.29, 0.717) is 15.9 Å². The molecule has 1 aromatic heterocycles. The smallest absolute Gasteiger partial charge is 0.435 e. The van der Waals surface area contributed by atoms with Crippen LogP contribution in [0.5, 0.6) is 0 Å². The van der Waals surface area contributed by atoms with Crippen molar-refractivity contribution in [3.05, 3.63) is 28.9 Å². The van der Waals surface area contributed by atoms with Crippen molar-refractivity contribution >= 4 is 34.5 Å². The van der Waals surface area contributed by atoms with Gasteiger partial charge < -0.3 is 4.74 Å². The molecule has 0 saturated heterocycles. The molecule has 0 fully saturated rings. The van der Waals surface area contributed by atoms with E-state index in [4.69, 9.17) is 21.2 Å².